The Hall–Kier alpha value is -2.96. The van der Waals surface area contributed by atoms with Gasteiger partial charge in [-0.05, 0) is 18.2 Å². The van der Waals surface area contributed by atoms with Crippen molar-refractivity contribution in [1.29, 1.82) is 0 Å². The predicted molar refractivity (Wildman–Crippen MR) is 83.6 cm³/mol. The lowest BCUT2D eigenvalue weighted by molar-refractivity contribution is -0.133. The first-order chi connectivity index (χ1) is 11.2. The molecule has 0 spiro atoms. The molecular weight excluding hydrogens is 294 g/mol. The number of carbonyl (C=O) groups is 1. The number of fused-ring (bicyclic) bond motifs is 2. The van der Waals surface area contributed by atoms with E-state index < -0.39 is 0 Å². The van der Waals surface area contributed by atoms with E-state index in [1.807, 2.05) is 16.8 Å². The monoisotopic (exact) mass is 309 g/mol. The van der Waals surface area contributed by atoms with Crippen LogP contribution in [0.15, 0.2) is 47.7 Å². The first-order valence-electron chi connectivity index (χ1n) is 7.45. The van der Waals surface area contributed by atoms with Crippen LogP contribution in [0.5, 0.6) is 0 Å². The van der Waals surface area contributed by atoms with Crippen LogP contribution >= 0.6 is 0 Å². The van der Waals surface area contributed by atoms with E-state index in [-0.39, 0.29) is 18.0 Å². The Morgan fingerprint density at radius 2 is 2.04 bits per heavy atom. The molecule has 0 fully saturated rings. The van der Waals surface area contributed by atoms with Crippen molar-refractivity contribution in [1.82, 2.24) is 24.2 Å². The number of para-hydroxylation sites is 1. The number of rotatable bonds is 2. The lowest BCUT2D eigenvalue weighted by atomic mass is 10.2. The Morgan fingerprint density at radius 3 is 2.96 bits per heavy atom. The van der Waals surface area contributed by atoms with Gasteiger partial charge >= 0.3 is 0 Å². The van der Waals surface area contributed by atoms with Gasteiger partial charge in [0.05, 0.1) is 36.0 Å². The maximum absolute atomic E-state index is 12.5. The summed E-state index contributed by atoms with van der Waals surface area (Å²) in [6.45, 7) is 1.81. The highest BCUT2D eigenvalue weighted by molar-refractivity contribution is 5.79. The molecule has 1 aliphatic heterocycles. The molecule has 3 heterocycles. The van der Waals surface area contributed by atoms with Gasteiger partial charge in [0.25, 0.3) is 5.56 Å². The fourth-order valence-corrected chi connectivity index (χ4v) is 2.86. The molecule has 2 aromatic heterocycles. The minimum absolute atomic E-state index is 0.00477. The summed E-state index contributed by atoms with van der Waals surface area (Å²) < 4.78 is 3.27. The zero-order chi connectivity index (χ0) is 15.8. The largest absolute Gasteiger partial charge is 0.333 e. The van der Waals surface area contributed by atoms with Crippen LogP contribution in [-0.2, 0) is 24.4 Å². The van der Waals surface area contributed by atoms with Crippen LogP contribution < -0.4 is 5.56 Å². The second kappa shape index (κ2) is 5.35. The van der Waals surface area contributed by atoms with Gasteiger partial charge in [-0.25, -0.2) is 4.98 Å². The summed E-state index contributed by atoms with van der Waals surface area (Å²) in [7, 11) is 0. The predicted octanol–water partition coefficient (Wildman–Crippen LogP) is 0.635. The smallest absolute Gasteiger partial charge is 0.261 e. The number of nitrogens with zero attached hydrogens (tertiary/aromatic N) is 5. The van der Waals surface area contributed by atoms with Gasteiger partial charge in [-0.3, -0.25) is 18.8 Å². The third kappa shape index (κ3) is 2.40. The van der Waals surface area contributed by atoms with E-state index in [0.717, 1.165) is 5.69 Å². The van der Waals surface area contributed by atoms with Crippen molar-refractivity contribution < 1.29 is 4.79 Å². The van der Waals surface area contributed by atoms with Gasteiger partial charge in [0.2, 0.25) is 5.91 Å². The second-order valence-corrected chi connectivity index (χ2v) is 5.56. The third-order valence-corrected chi connectivity index (χ3v) is 4.13. The van der Waals surface area contributed by atoms with E-state index in [9.17, 15) is 9.59 Å². The minimum Gasteiger partial charge on any atom is -0.333 e. The quantitative estimate of drug-likeness (QED) is 0.696. The van der Waals surface area contributed by atoms with Crippen molar-refractivity contribution in [3.05, 3.63) is 58.9 Å². The Labute approximate surface area is 131 Å². The fraction of sp³-hybridized carbons (Fsp3) is 0.250. The topological polar surface area (TPSA) is 73.0 Å². The number of hydrogen-bond donors (Lipinski definition) is 0. The van der Waals surface area contributed by atoms with Crippen LogP contribution in [0.1, 0.15) is 5.69 Å². The molecule has 23 heavy (non-hydrogen) atoms. The van der Waals surface area contributed by atoms with E-state index >= 15 is 0 Å². The molecule has 7 heteroatoms. The first kappa shape index (κ1) is 13.7. The van der Waals surface area contributed by atoms with Crippen molar-refractivity contribution in [3.63, 3.8) is 0 Å². The highest BCUT2D eigenvalue weighted by Gasteiger charge is 2.21. The molecule has 3 aromatic rings. The first-order valence-corrected chi connectivity index (χ1v) is 7.45. The summed E-state index contributed by atoms with van der Waals surface area (Å²) in [5, 5.41) is 4.72. The van der Waals surface area contributed by atoms with Crippen molar-refractivity contribution in [2.24, 2.45) is 0 Å². The van der Waals surface area contributed by atoms with Crippen molar-refractivity contribution >= 4 is 16.8 Å². The van der Waals surface area contributed by atoms with Crippen LogP contribution in [0.25, 0.3) is 10.9 Å². The summed E-state index contributed by atoms with van der Waals surface area (Å²) >= 11 is 0. The van der Waals surface area contributed by atoms with Gasteiger partial charge in [0.1, 0.15) is 6.54 Å². The maximum Gasteiger partial charge on any atom is 0.261 e. The SMILES string of the molecule is O=C(Cn1cnc2ccccc2c1=O)N1CCn2nccc2C1. The zero-order valence-electron chi connectivity index (χ0n) is 12.4. The molecule has 116 valence electrons. The van der Waals surface area contributed by atoms with Crippen molar-refractivity contribution in [3.8, 4) is 0 Å². The third-order valence-electron chi connectivity index (χ3n) is 4.13. The lowest BCUT2D eigenvalue weighted by Crippen LogP contribution is -2.41. The van der Waals surface area contributed by atoms with E-state index in [2.05, 4.69) is 10.1 Å². The molecule has 0 bridgehead atoms. The second-order valence-electron chi connectivity index (χ2n) is 5.56. The van der Waals surface area contributed by atoms with Gasteiger partial charge < -0.3 is 4.90 Å². The molecule has 1 amide bonds. The summed E-state index contributed by atoms with van der Waals surface area (Å²) in [6, 6.07) is 9.05. The molecule has 0 unspecified atom stereocenters. The maximum atomic E-state index is 12.5. The summed E-state index contributed by atoms with van der Waals surface area (Å²) in [6.07, 6.45) is 3.18. The molecule has 1 aromatic carbocycles. The van der Waals surface area contributed by atoms with E-state index in [4.69, 9.17) is 0 Å². The molecule has 0 saturated heterocycles. The van der Waals surface area contributed by atoms with Crippen LogP contribution in [-0.4, -0.2) is 36.7 Å². The average Bonchev–Trinajstić information content (AvgIpc) is 3.05. The van der Waals surface area contributed by atoms with E-state index in [1.165, 1.54) is 10.9 Å². The van der Waals surface area contributed by atoms with Gasteiger partial charge in [0, 0.05) is 12.7 Å². The Morgan fingerprint density at radius 1 is 1.17 bits per heavy atom. The molecule has 0 N–H and O–H groups in total. The van der Waals surface area contributed by atoms with E-state index in [0.29, 0.717) is 30.5 Å². The molecule has 0 radical (unpaired) electrons. The summed E-state index contributed by atoms with van der Waals surface area (Å²) in [5.74, 6) is -0.0865. The molecule has 1 aliphatic rings. The van der Waals surface area contributed by atoms with Gasteiger partial charge in [0.15, 0.2) is 0 Å². The van der Waals surface area contributed by atoms with Crippen LogP contribution in [0.2, 0.25) is 0 Å². The normalized spacial score (nSPS) is 14.0. The lowest BCUT2D eigenvalue weighted by Gasteiger charge is -2.27. The van der Waals surface area contributed by atoms with Crippen molar-refractivity contribution in [2.45, 2.75) is 19.6 Å². The Balaban J connectivity index is 1.58. The molecule has 0 aliphatic carbocycles. The Kier molecular flexibility index (Phi) is 3.18. The highest BCUT2D eigenvalue weighted by Crippen LogP contribution is 2.11. The number of amides is 1. The van der Waals surface area contributed by atoms with Gasteiger partial charge in [-0.1, -0.05) is 12.1 Å². The van der Waals surface area contributed by atoms with Crippen LogP contribution in [0.3, 0.4) is 0 Å². The molecule has 4 rings (SSSR count). The van der Waals surface area contributed by atoms with Crippen LogP contribution in [0, 0.1) is 0 Å². The van der Waals surface area contributed by atoms with Crippen LogP contribution in [0.4, 0.5) is 0 Å². The number of carbonyl (C=O) groups excluding carboxylic acids is 1. The van der Waals surface area contributed by atoms with Gasteiger partial charge in [-0.15, -0.1) is 0 Å². The minimum atomic E-state index is -0.189. The number of benzene rings is 1. The molecule has 0 saturated carbocycles. The summed E-state index contributed by atoms with van der Waals surface area (Å²) in [5.41, 5.74) is 1.46. The average molecular weight is 309 g/mol. The Bertz CT molecular complexity index is 943. The number of hydrogen-bond acceptors (Lipinski definition) is 4. The number of aromatic nitrogens is 4. The molecular formula is C16H15N5O2. The molecule has 0 atom stereocenters. The standard InChI is InChI=1S/C16H15N5O2/c22-15(19-7-8-21-12(9-19)5-6-18-21)10-20-11-17-14-4-2-1-3-13(14)16(20)23/h1-6,11H,7-10H2. The summed E-state index contributed by atoms with van der Waals surface area (Å²) in [4.78, 5) is 30.9. The zero-order valence-corrected chi connectivity index (χ0v) is 12.4. The van der Waals surface area contributed by atoms with Gasteiger partial charge in [-0.2, -0.15) is 5.10 Å². The molecule has 7 nitrogen and oxygen atoms in total. The fourth-order valence-electron chi connectivity index (χ4n) is 2.86. The highest BCUT2D eigenvalue weighted by atomic mass is 16.2. The van der Waals surface area contributed by atoms with E-state index in [1.54, 1.807) is 29.3 Å². The van der Waals surface area contributed by atoms with Crippen molar-refractivity contribution in [2.75, 3.05) is 6.54 Å².